The van der Waals surface area contributed by atoms with Crippen LogP contribution in [-0.4, -0.2) is 18.9 Å². The molecule has 3 heteroatoms. The zero-order chi connectivity index (χ0) is 12.0. The van der Waals surface area contributed by atoms with Crippen LogP contribution in [0.1, 0.15) is 19.4 Å². The summed E-state index contributed by atoms with van der Waals surface area (Å²) in [4.78, 5) is 10.4. The average molecular weight is 221 g/mol. The molecule has 2 N–H and O–H groups in total. The van der Waals surface area contributed by atoms with Crippen molar-refractivity contribution < 1.29 is 9.53 Å². The van der Waals surface area contributed by atoms with Crippen molar-refractivity contribution in [2.45, 2.75) is 26.3 Å². The SMILES string of the molecule is CC(C)COc1ccc(C[C@H](N)C=O)cc1. The Kier molecular flexibility index (Phi) is 4.99. The number of hydrogen-bond donors (Lipinski definition) is 1. The quantitative estimate of drug-likeness (QED) is 0.745. The fraction of sp³-hybridized carbons (Fsp3) is 0.462. The molecule has 0 fully saturated rings. The van der Waals surface area contributed by atoms with E-state index in [-0.39, 0.29) is 0 Å². The molecule has 0 aromatic heterocycles. The highest BCUT2D eigenvalue weighted by Crippen LogP contribution is 2.13. The van der Waals surface area contributed by atoms with Gasteiger partial charge in [0, 0.05) is 0 Å². The van der Waals surface area contributed by atoms with Gasteiger partial charge < -0.3 is 15.3 Å². The van der Waals surface area contributed by atoms with Crippen LogP contribution in [-0.2, 0) is 11.2 Å². The molecule has 16 heavy (non-hydrogen) atoms. The van der Waals surface area contributed by atoms with Gasteiger partial charge in [0.1, 0.15) is 12.0 Å². The largest absolute Gasteiger partial charge is 0.493 e. The van der Waals surface area contributed by atoms with Gasteiger partial charge in [0.2, 0.25) is 0 Å². The molecule has 0 spiro atoms. The van der Waals surface area contributed by atoms with E-state index >= 15 is 0 Å². The highest BCUT2D eigenvalue weighted by atomic mass is 16.5. The van der Waals surface area contributed by atoms with Crippen LogP contribution in [0.4, 0.5) is 0 Å². The van der Waals surface area contributed by atoms with E-state index in [1.54, 1.807) is 0 Å². The first-order valence-electron chi connectivity index (χ1n) is 5.54. The summed E-state index contributed by atoms with van der Waals surface area (Å²) in [6.45, 7) is 4.93. The minimum Gasteiger partial charge on any atom is -0.493 e. The summed E-state index contributed by atoms with van der Waals surface area (Å²) in [5.74, 6) is 1.38. The lowest BCUT2D eigenvalue weighted by atomic mass is 10.1. The van der Waals surface area contributed by atoms with Crippen LogP contribution in [0.2, 0.25) is 0 Å². The van der Waals surface area contributed by atoms with Crippen LogP contribution in [0.25, 0.3) is 0 Å². The molecule has 1 aromatic rings. The van der Waals surface area contributed by atoms with Crippen LogP contribution >= 0.6 is 0 Å². The van der Waals surface area contributed by atoms with Crippen molar-refractivity contribution in [3.8, 4) is 5.75 Å². The third kappa shape index (κ3) is 4.45. The first-order valence-corrected chi connectivity index (χ1v) is 5.54. The molecule has 88 valence electrons. The second-order valence-electron chi connectivity index (χ2n) is 4.35. The summed E-state index contributed by atoms with van der Waals surface area (Å²) in [6, 6.07) is 7.30. The molecule has 0 aliphatic carbocycles. The predicted molar refractivity (Wildman–Crippen MR) is 64.5 cm³/mol. The fourth-order valence-corrected chi connectivity index (χ4v) is 1.30. The third-order valence-electron chi connectivity index (χ3n) is 2.15. The molecule has 0 bridgehead atoms. The second kappa shape index (κ2) is 6.28. The number of carbonyl (C=O) groups is 1. The Morgan fingerprint density at radius 2 is 1.94 bits per heavy atom. The molecular formula is C13H19NO2. The van der Waals surface area contributed by atoms with Crippen molar-refractivity contribution in [3.05, 3.63) is 29.8 Å². The van der Waals surface area contributed by atoms with E-state index in [0.717, 1.165) is 17.6 Å². The van der Waals surface area contributed by atoms with Gasteiger partial charge in [0.25, 0.3) is 0 Å². The van der Waals surface area contributed by atoms with Gasteiger partial charge in [-0.15, -0.1) is 0 Å². The van der Waals surface area contributed by atoms with Gasteiger partial charge in [-0.2, -0.15) is 0 Å². The molecule has 0 aliphatic rings. The number of nitrogens with two attached hydrogens (primary N) is 1. The zero-order valence-corrected chi connectivity index (χ0v) is 9.85. The van der Waals surface area contributed by atoms with E-state index in [1.165, 1.54) is 0 Å². The Hall–Kier alpha value is -1.35. The van der Waals surface area contributed by atoms with E-state index in [9.17, 15) is 4.79 Å². The van der Waals surface area contributed by atoms with E-state index < -0.39 is 6.04 Å². The molecule has 0 saturated heterocycles. The van der Waals surface area contributed by atoms with E-state index in [0.29, 0.717) is 18.9 Å². The average Bonchev–Trinajstić information content (AvgIpc) is 2.28. The summed E-state index contributed by atoms with van der Waals surface area (Å²) >= 11 is 0. The summed E-state index contributed by atoms with van der Waals surface area (Å²) in [7, 11) is 0. The molecule has 1 atom stereocenters. The molecule has 1 aromatic carbocycles. The lowest BCUT2D eigenvalue weighted by Gasteiger charge is -2.09. The van der Waals surface area contributed by atoms with Crippen molar-refractivity contribution in [2.75, 3.05) is 6.61 Å². The molecule has 0 heterocycles. The lowest BCUT2D eigenvalue weighted by molar-refractivity contribution is -0.108. The summed E-state index contributed by atoms with van der Waals surface area (Å²) < 4.78 is 5.55. The molecule has 3 nitrogen and oxygen atoms in total. The first kappa shape index (κ1) is 12.7. The first-order chi connectivity index (χ1) is 7.61. The topological polar surface area (TPSA) is 52.3 Å². The van der Waals surface area contributed by atoms with E-state index in [1.807, 2.05) is 24.3 Å². The Labute approximate surface area is 96.6 Å². The monoisotopic (exact) mass is 221 g/mol. The highest BCUT2D eigenvalue weighted by molar-refractivity contribution is 5.57. The maximum Gasteiger partial charge on any atom is 0.137 e. The van der Waals surface area contributed by atoms with Gasteiger partial charge >= 0.3 is 0 Å². The Morgan fingerprint density at radius 3 is 2.44 bits per heavy atom. The van der Waals surface area contributed by atoms with Crippen LogP contribution in [0, 0.1) is 5.92 Å². The molecule has 0 amide bonds. The molecule has 0 unspecified atom stereocenters. The second-order valence-corrected chi connectivity index (χ2v) is 4.35. The van der Waals surface area contributed by atoms with Crippen molar-refractivity contribution in [2.24, 2.45) is 11.7 Å². The van der Waals surface area contributed by atoms with Crippen LogP contribution in [0.3, 0.4) is 0 Å². The maximum atomic E-state index is 10.4. The molecule has 0 radical (unpaired) electrons. The van der Waals surface area contributed by atoms with Crippen LogP contribution in [0.5, 0.6) is 5.75 Å². The summed E-state index contributed by atoms with van der Waals surface area (Å²) in [5, 5.41) is 0. The third-order valence-corrected chi connectivity index (χ3v) is 2.15. The van der Waals surface area contributed by atoms with Gasteiger partial charge in [0.05, 0.1) is 12.6 Å². The minimum absolute atomic E-state index is 0.414. The van der Waals surface area contributed by atoms with Crippen molar-refractivity contribution in [1.82, 2.24) is 0 Å². The minimum atomic E-state index is -0.414. The standard InChI is InChI=1S/C13H19NO2/c1-10(2)9-16-13-5-3-11(4-6-13)7-12(14)8-15/h3-6,8,10,12H,7,9,14H2,1-2H3/t12-/m0/s1. The molecule has 0 aliphatic heterocycles. The number of aldehydes is 1. The van der Waals surface area contributed by atoms with Gasteiger partial charge in [-0.3, -0.25) is 0 Å². The van der Waals surface area contributed by atoms with Gasteiger partial charge in [-0.1, -0.05) is 26.0 Å². The van der Waals surface area contributed by atoms with Gasteiger partial charge in [-0.05, 0) is 30.0 Å². The molecule has 1 rings (SSSR count). The zero-order valence-electron chi connectivity index (χ0n) is 9.85. The lowest BCUT2D eigenvalue weighted by Crippen LogP contribution is -2.23. The number of rotatable bonds is 6. The smallest absolute Gasteiger partial charge is 0.137 e. The molecule has 0 saturated carbocycles. The maximum absolute atomic E-state index is 10.4. The van der Waals surface area contributed by atoms with E-state index in [4.69, 9.17) is 10.5 Å². The van der Waals surface area contributed by atoms with Crippen molar-refractivity contribution >= 4 is 6.29 Å². The van der Waals surface area contributed by atoms with Crippen LogP contribution in [0.15, 0.2) is 24.3 Å². The number of carbonyl (C=O) groups excluding carboxylic acids is 1. The van der Waals surface area contributed by atoms with Gasteiger partial charge in [-0.25, -0.2) is 0 Å². The summed E-state index contributed by atoms with van der Waals surface area (Å²) in [5.41, 5.74) is 6.59. The van der Waals surface area contributed by atoms with Gasteiger partial charge in [0.15, 0.2) is 0 Å². The Balaban J connectivity index is 2.50. The Bertz CT molecular complexity index is 319. The van der Waals surface area contributed by atoms with Crippen LogP contribution < -0.4 is 10.5 Å². The number of ether oxygens (including phenoxy) is 1. The van der Waals surface area contributed by atoms with E-state index in [2.05, 4.69) is 13.8 Å². The highest BCUT2D eigenvalue weighted by Gasteiger charge is 2.02. The number of hydrogen-bond acceptors (Lipinski definition) is 3. The van der Waals surface area contributed by atoms with Crippen molar-refractivity contribution in [3.63, 3.8) is 0 Å². The normalized spacial score (nSPS) is 12.5. The Morgan fingerprint density at radius 1 is 1.31 bits per heavy atom. The van der Waals surface area contributed by atoms with Crippen molar-refractivity contribution in [1.29, 1.82) is 0 Å². The summed E-state index contributed by atoms with van der Waals surface area (Å²) in [6.07, 6.45) is 1.34. The number of benzene rings is 1. The predicted octanol–water partition coefficient (Wildman–Crippen LogP) is 1.79. The fourth-order valence-electron chi connectivity index (χ4n) is 1.30. The molecular weight excluding hydrogens is 202 g/mol.